The standard InChI is InChI=1S/C12H19NO4S2/c1-12(2,3)9-5-8(7-13-19(15,16)17)11(14)10(6-9)18-4/h5-6,13-14H,7H2,1-4H3,(H,15,16,17). The van der Waals surface area contributed by atoms with Gasteiger partial charge in [0.25, 0.3) is 0 Å². The van der Waals surface area contributed by atoms with Crippen LogP contribution in [0.1, 0.15) is 31.9 Å². The number of hydrogen-bond donors (Lipinski definition) is 3. The Morgan fingerprint density at radius 2 is 1.89 bits per heavy atom. The average Bonchev–Trinajstić information content (AvgIpc) is 2.25. The summed E-state index contributed by atoms with van der Waals surface area (Å²) in [5, 5.41) is 10.0. The van der Waals surface area contributed by atoms with Crippen molar-refractivity contribution < 1.29 is 18.1 Å². The Kier molecular flexibility index (Phi) is 4.89. The van der Waals surface area contributed by atoms with Gasteiger partial charge in [0.1, 0.15) is 5.75 Å². The van der Waals surface area contributed by atoms with Gasteiger partial charge in [0.05, 0.1) is 0 Å². The van der Waals surface area contributed by atoms with Crippen molar-refractivity contribution in [1.82, 2.24) is 4.72 Å². The summed E-state index contributed by atoms with van der Waals surface area (Å²) < 4.78 is 32.1. The molecule has 0 heterocycles. The van der Waals surface area contributed by atoms with Gasteiger partial charge >= 0.3 is 10.3 Å². The Bertz CT molecular complexity index is 562. The largest absolute Gasteiger partial charge is 0.506 e. The number of phenolic OH excluding ortho intramolecular Hbond substituents is 1. The summed E-state index contributed by atoms with van der Waals surface area (Å²) in [6, 6.07) is 3.63. The Hall–Kier alpha value is -0.760. The fraction of sp³-hybridized carbons (Fsp3) is 0.500. The van der Waals surface area contributed by atoms with E-state index in [-0.39, 0.29) is 17.7 Å². The fourth-order valence-corrected chi connectivity index (χ4v) is 2.47. The molecule has 0 unspecified atom stereocenters. The van der Waals surface area contributed by atoms with Crippen LogP contribution >= 0.6 is 11.8 Å². The number of aromatic hydroxyl groups is 1. The van der Waals surface area contributed by atoms with Crippen LogP contribution in [0.2, 0.25) is 0 Å². The predicted molar refractivity (Wildman–Crippen MR) is 77.0 cm³/mol. The van der Waals surface area contributed by atoms with Gasteiger partial charge in [-0.3, -0.25) is 4.55 Å². The molecule has 0 bridgehead atoms. The lowest BCUT2D eigenvalue weighted by Crippen LogP contribution is -2.22. The van der Waals surface area contributed by atoms with Crippen LogP contribution in [0.3, 0.4) is 0 Å². The lowest BCUT2D eigenvalue weighted by molar-refractivity contribution is 0.447. The van der Waals surface area contributed by atoms with Gasteiger partial charge in [0.2, 0.25) is 0 Å². The molecule has 0 spiro atoms. The first-order chi connectivity index (χ1) is 8.54. The number of hydrogen-bond acceptors (Lipinski definition) is 4. The molecular formula is C12H19NO4S2. The van der Waals surface area contributed by atoms with Crippen LogP contribution in [0, 0.1) is 0 Å². The normalized spacial score (nSPS) is 12.7. The van der Waals surface area contributed by atoms with Crippen molar-refractivity contribution in [1.29, 1.82) is 0 Å². The van der Waals surface area contributed by atoms with Gasteiger partial charge in [-0.2, -0.15) is 13.1 Å². The SMILES string of the molecule is CSc1cc(C(C)(C)C)cc(CNS(=O)(=O)O)c1O. The molecule has 0 fully saturated rings. The van der Waals surface area contributed by atoms with Crippen molar-refractivity contribution >= 4 is 22.1 Å². The van der Waals surface area contributed by atoms with E-state index in [0.29, 0.717) is 10.5 Å². The highest BCUT2D eigenvalue weighted by atomic mass is 32.2. The molecule has 0 aliphatic heterocycles. The molecule has 0 aliphatic rings. The number of rotatable bonds is 4. The van der Waals surface area contributed by atoms with Gasteiger partial charge in [-0.15, -0.1) is 11.8 Å². The Morgan fingerprint density at radius 3 is 2.32 bits per heavy atom. The van der Waals surface area contributed by atoms with Gasteiger partial charge in [0.15, 0.2) is 0 Å². The van der Waals surface area contributed by atoms with E-state index in [2.05, 4.69) is 0 Å². The van der Waals surface area contributed by atoms with Crippen LogP contribution in [0.25, 0.3) is 0 Å². The molecule has 108 valence electrons. The summed E-state index contributed by atoms with van der Waals surface area (Å²) in [7, 11) is -4.27. The van der Waals surface area contributed by atoms with E-state index in [0.717, 1.165) is 5.56 Å². The smallest absolute Gasteiger partial charge is 0.333 e. The molecule has 19 heavy (non-hydrogen) atoms. The number of benzene rings is 1. The van der Waals surface area contributed by atoms with E-state index in [1.807, 2.05) is 37.8 Å². The lowest BCUT2D eigenvalue weighted by atomic mass is 9.86. The molecule has 0 saturated carbocycles. The van der Waals surface area contributed by atoms with E-state index in [9.17, 15) is 13.5 Å². The summed E-state index contributed by atoms with van der Waals surface area (Å²) >= 11 is 1.38. The molecule has 7 heteroatoms. The second-order valence-electron chi connectivity index (χ2n) is 5.23. The van der Waals surface area contributed by atoms with E-state index in [4.69, 9.17) is 4.55 Å². The Morgan fingerprint density at radius 1 is 1.32 bits per heavy atom. The van der Waals surface area contributed by atoms with Crippen molar-refractivity contribution in [2.45, 2.75) is 37.6 Å². The molecule has 0 saturated heterocycles. The molecule has 1 rings (SSSR count). The Labute approximate surface area is 118 Å². The summed E-state index contributed by atoms with van der Waals surface area (Å²) in [6.45, 7) is 5.94. The first-order valence-electron chi connectivity index (χ1n) is 5.67. The summed E-state index contributed by atoms with van der Waals surface area (Å²) in [5.74, 6) is 0.0386. The van der Waals surface area contributed by atoms with Crippen molar-refractivity contribution in [2.24, 2.45) is 0 Å². The molecular weight excluding hydrogens is 286 g/mol. The number of thioether (sulfide) groups is 1. The Balaban J connectivity index is 3.22. The third kappa shape index (κ3) is 4.68. The van der Waals surface area contributed by atoms with Crippen molar-refractivity contribution in [3.8, 4) is 5.75 Å². The molecule has 1 aromatic rings. The summed E-state index contributed by atoms with van der Waals surface area (Å²) in [5.41, 5.74) is 1.31. The maximum absolute atomic E-state index is 10.7. The lowest BCUT2D eigenvalue weighted by Gasteiger charge is -2.22. The molecule has 0 amide bonds. The quantitative estimate of drug-likeness (QED) is 0.587. The van der Waals surface area contributed by atoms with Crippen molar-refractivity contribution in [3.05, 3.63) is 23.3 Å². The predicted octanol–water partition coefficient (Wildman–Crippen LogP) is 2.30. The van der Waals surface area contributed by atoms with E-state index < -0.39 is 10.3 Å². The number of phenols is 1. The van der Waals surface area contributed by atoms with Crippen LogP contribution in [-0.2, 0) is 22.3 Å². The maximum Gasteiger partial charge on any atom is 0.333 e. The minimum absolute atomic E-state index is 0.0386. The summed E-state index contributed by atoms with van der Waals surface area (Å²) in [4.78, 5) is 0.680. The highest BCUT2D eigenvalue weighted by Crippen LogP contribution is 2.35. The zero-order valence-electron chi connectivity index (χ0n) is 11.4. The molecule has 0 atom stereocenters. The van der Waals surface area contributed by atoms with E-state index in [1.165, 1.54) is 11.8 Å². The monoisotopic (exact) mass is 305 g/mol. The second-order valence-corrected chi connectivity index (χ2v) is 7.32. The van der Waals surface area contributed by atoms with Gasteiger partial charge in [0, 0.05) is 17.0 Å². The van der Waals surface area contributed by atoms with Crippen molar-refractivity contribution in [3.63, 3.8) is 0 Å². The van der Waals surface area contributed by atoms with Crippen LogP contribution in [0.4, 0.5) is 0 Å². The van der Waals surface area contributed by atoms with Gasteiger partial charge in [-0.05, 0) is 23.3 Å². The molecule has 0 aliphatic carbocycles. The van der Waals surface area contributed by atoms with Crippen molar-refractivity contribution in [2.75, 3.05) is 6.26 Å². The highest BCUT2D eigenvalue weighted by Gasteiger charge is 2.19. The van der Waals surface area contributed by atoms with Crippen LogP contribution in [0.15, 0.2) is 17.0 Å². The van der Waals surface area contributed by atoms with E-state index in [1.54, 1.807) is 6.07 Å². The maximum atomic E-state index is 10.7. The van der Waals surface area contributed by atoms with Crippen LogP contribution < -0.4 is 4.72 Å². The molecule has 1 aromatic carbocycles. The topological polar surface area (TPSA) is 86.6 Å². The van der Waals surface area contributed by atoms with Gasteiger partial charge in [-0.25, -0.2) is 0 Å². The van der Waals surface area contributed by atoms with Gasteiger partial charge in [-0.1, -0.05) is 26.8 Å². The van der Waals surface area contributed by atoms with Crippen LogP contribution in [0.5, 0.6) is 5.75 Å². The summed E-state index contributed by atoms with van der Waals surface area (Å²) in [6.07, 6.45) is 1.83. The third-order valence-electron chi connectivity index (χ3n) is 2.68. The molecule has 0 aromatic heterocycles. The third-order valence-corrected chi connectivity index (χ3v) is 3.95. The highest BCUT2D eigenvalue weighted by molar-refractivity contribution is 7.98. The molecule has 5 nitrogen and oxygen atoms in total. The second kappa shape index (κ2) is 5.70. The molecule has 3 N–H and O–H groups in total. The fourth-order valence-electron chi connectivity index (χ4n) is 1.56. The zero-order chi connectivity index (χ0) is 14.8. The number of nitrogens with one attached hydrogen (secondary N) is 1. The first kappa shape index (κ1) is 16.3. The molecule has 0 radical (unpaired) electrons. The van der Waals surface area contributed by atoms with Gasteiger partial charge < -0.3 is 5.11 Å². The van der Waals surface area contributed by atoms with Crippen LogP contribution in [-0.4, -0.2) is 24.3 Å². The van der Waals surface area contributed by atoms with E-state index >= 15 is 0 Å². The minimum Gasteiger partial charge on any atom is -0.506 e. The first-order valence-corrected chi connectivity index (χ1v) is 8.33. The minimum atomic E-state index is -4.27. The zero-order valence-corrected chi connectivity index (χ0v) is 13.0. The average molecular weight is 305 g/mol.